The zero-order valence-electron chi connectivity index (χ0n) is 10.9. The van der Waals surface area contributed by atoms with Crippen LogP contribution >= 0.6 is 27.3 Å². The number of nitrogens with one attached hydrogen (secondary N) is 1. The number of aliphatic carboxylic acids is 1. The van der Waals surface area contributed by atoms with E-state index in [2.05, 4.69) is 21.2 Å². The molecule has 1 aromatic rings. The van der Waals surface area contributed by atoms with Gasteiger partial charge in [-0.3, -0.25) is 14.5 Å². The molecule has 0 aliphatic rings. The Kier molecular flexibility index (Phi) is 6.47. The van der Waals surface area contributed by atoms with Crippen LogP contribution < -0.4 is 5.32 Å². The highest BCUT2D eigenvalue weighted by atomic mass is 79.9. The van der Waals surface area contributed by atoms with Gasteiger partial charge in [0.05, 0.1) is 3.79 Å². The zero-order valence-corrected chi connectivity index (χ0v) is 13.3. The Morgan fingerprint density at radius 2 is 2.26 bits per heavy atom. The summed E-state index contributed by atoms with van der Waals surface area (Å²) >= 11 is 4.95. The minimum absolute atomic E-state index is 0.110. The number of thiophene rings is 1. The average Bonchev–Trinajstić information content (AvgIpc) is 2.72. The molecule has 0 bridgehead atoms. The highest BCUT2D eigenvalue weighted by Gasteiger charge is 2.20. The third-order valence-electron chi connectivity index (χ3n) is 2.69. The van der Waals surface area contributed by atoms with E-state index in [1.165, 1.54) is 6.92 Å². The van der Waals surface area contributed by atoms with Gasteiger partial charge in [0.2, 0.25) is 5.91 Å². The Morgan fingerprint density at radius 1 is 1.58 bits per heavy atom. The van der Waals surface area contributed by atoms with Crippen LogP contribution in [-0.4, -0.2) is 41.0 Å². The van der Waals surface area contributed by atoms with Crippen LogP contribution in [0.25, 0.3) is 0 Å². The summed E-state index contributed by atoms with van der Waals surface area (Å²) in [5.41, 5.74) is 1.06. The van der Waals surface area contributed by atoms with Gasteiger partial charge in [-0.05, 0) is 39.9 Å². The number of carboxylic acids is 1. The van der Waals surface area contributed by atoms with Gasteiger partial charge in [0, 0.05) is 26.6 Å². The van der Waals surface area contributed by atoms with Crippen LogP contribution in [0.15, 0.2) is 15.2 Å². The second-order valence-corrected chi connectivity index (χ2v) is 6.52. The molecular weight excluding hydrogens is 332 g/mol. The van der Waals surface area contributed by atoms with E-state index in [4.69, 9.17) is 5.11 Å². The van der Waals surface area contributed by atoms with Crippen LogP contribution in [0.5, 0.6) is 0 Å². The molecule has 0 spiro atoms. The van der Waals surface area contributed by atoms with Crippen LogP contribution in [0.1, 0.15) is 19.4 Å². The standard InChI is InChI=1S/C12H17BrN2O3S/c1-8(12(17)18)15(4-3-14-9(2)16)6-10-5-11(13)19-7-10/h5,7-8H,3-4,6H2,1-2H3,(H,14,16)(H,17,18). The number of carbonyl (C=O) groups is 2. The minimum atomic E-state index is -0.864. The summed E-state index contributed by atoms with van der Waals surface area (Å²) in [4.78, 5) is 23.8. The van der Waals surface area contributed by atoms with E-state index in [0.717, 1.165) is 9.35 Å². The highest BCUT2D eigenvalue weighted by molar-refractivity contribution is 9.11. The first-order valence-electron chi connectivity index (χ1n) is 5.84. The van der Waals surface area contributed by atoms with E-state index in [1.54, 1.807) is 18.3 Å². The van der Waals surface area contributed by atoms with Crippen LogP contribution in [-0.2, 0) is 16.1 Å². The molecule has 7 heteroatoms. The molecule has 1 unspecified atom stereocenters. The molecule has 0 radical (unpaired) electrons. The van der Waals surface area contributed by atoms with Gasteiger partial charge in [-0.1, -0.05) is 0 Å². The number of nitrogens with zero attached hydrogens (tertiary/aromatic N) is 1. The van der Waals surface area contributed by atoms with Gasteiger partial charge < -0.3 is 10.4 Å². The first-order chi connectivity index (χ1) is 8.90. The van der Waals surface area contributed by atoms with Gasteiger partial charge in [-0.25, -0.2) is 0 Å². The molecule has 0 aliphatic carbocycles. The summed E-state index contributed by atoms with van der Waals surface area (Å²) in [5.74, 6) is -0.974. The molecule has 1 heterocycles. The van der Waals surface area contributed by atoms with Crippen LogP contribution in [0.2, 0.25) is 0 Å². The van der Waals surface area contributed by atoms with Crippen molar-refractivity contribution in [1.29, 1.82) is 0 Å². The monoisotopic (exact) mass is 348 g/mol. The van der Waals surface area contributed by atoms with E-state index in [9.17, 15) is 9.59 Å². The topological polar surface area (TPSA) is 69.6 Å². The largest absolute Gasteiger partial charge is 0.480 e. The van der Waals surface area contributed by atoms with Crippen molar-refractivity contribution in [2.24, 2.45) is 0 Å². The maximum atomic E-state index is 11.1. The molecule has 5 nitrogen and oxygen atoms in total. The first-order valence-corrected chi connectivity index (χ1v) is 7.51. The number of hydrogen-bond acceptors (Lipinski definition) is 4. The number of amides is 1. The highest BCUT2D eigenvalue weighted by Crippen LogP contribution is 2.22. The molecule has 19 heavy (non-hydrogen) atoms. The first kappa shape index (κ1) is 16.1. The summed E-state index contributed by atoms with van der Waals surface area (Å²) in [6.45, 7) is 4.59. The summed E-state index contributed by atoms with van der Waals surface area (Å²) in [5, 5.41) is 13.8. The van der Waals surface area contributed by atoms with Crippen molar-refractivity contribution in [2.45, 2.75) is 26.4 Å². The van der Waals surface area contributed by atoms with Crippen LogP contribution in [0.3, 0.4) is 0 Å². The molecule has 0 fully saturated rings. The van der Waals surface area contributed by atoms with E-state index in [-0.39, 0.29) is 5.91 Å². The third kappa shape index (κ3) is 5.71. The Hall–Kier alpha value is -0.920. The Bertz CT molecular complexity index is 450. The van der Waals surface area contributed by atoms with Gasteiger partial charge in [0.25, 0.3) is 0 Å². The fourth-order valence-electron chi connectivity index (χ4n) is 1.60. The zero-order chi connectivity index (χ0) is 14.4. The summed E-state index contributed by atoms with van der Waals surface area (Å²) in [6, 6.07) is 1.39. The van der Waals surface area contributed by atoms with Crippen molar-refractivity contribution >= 4 is 39.1 Å². The number of carboxylic acid groups (broad SMARTS) is 1. The minimum Gasteiger partial charge on any atom is -0.480 e. The molecule has 0 saturated carbocycles. The molecular formula is C12H17BrN2O3S. The predicted octanol–water partition coefficient (Wildman–Crippen LogP) is 1.92. The lowest BCUT2D eigenvalue weighted by atomic mass is 10.2. The molecule has 0 aromatic carbocycles. The molecule has 1 aromatic heterocycles. The summed E-state index contributed by atoms with van der Waals surface area (Å²) < 4.78 is 1.02. The second-order valence-electron chi connectivity index (χ2n) is 4.23. The van der Waals surface area contributed by atoms with Gasteiger partial charge >= 0.3 is 5.97 Å². The lowest BCUT2D eigenvalue weighted by Crippen LogP contribution is -2.42. The van der Waals surface area contributed by atoms with E-state index in [1.807, 2.05) is 16.3 Å². The van der Waals surface area contributed by atoms with Crippen molar-refractivity contribution in [3.05, 3.63) is 20.8 Å². The molecule has 1 rings (SSSR count). The van der Waals surface area contributed by atoms with Crippen molar-refractivity contribution in [1.82, 2.24) is 10.2 Å². The fourth-order valence-corrected chi connectivity index (χ4v) is 2.80. The molecule has 1 atom stereocenters. The smallest absolute Gasteiger partial charge is 0.320 e. The molecule has 1 amide bonds. The van der Waals surface area contributed by atoms with Crippen molar-refractivity contribution in [3.63, 3.8) is 0 Å². The number of halogens is 1. The molecule has 0 saturated heterocycles. The Morgan fingerprint density at radius 3 is 2.74 bits per heavy atom. The van der Waals surface area contributed by atoms with Crippen LogP contribution in [0, 0.1) is 0 Å². The molecule has 2 N–H and O–H groups in total. The lowest BCUT2D eigenvalue weighted by molar-refractivity contribution is -0.142. The SMILES string of the molecule is CC(=O)NCCN(Cc1csc(Br)c1)C(C)C(=O)O. The Balaban J connectivity index is 2.63. The number of rotatable bonds is 7. The summed E-state index contributed by atoms with van der Waals surface area (Å²) in [6.07, 6.45) is 0. The predicted molar refractivity (Wildman–Crippen MR) is 78.2 cm³/mol. The van der Waals surface area contributed by atoms with E-state index in [0.29, 0.717) is 19.6 Å². The molecule has 0 aliphatic heterocycles. The number of hydrogen-bond donors (Lipinski definition) is 2. The quantitative estimate of drug-likeness (QED) is 0.789. The second kappa shape index (κ2) is 7.62. The lowest BCUT2D eigenvalue weighted by Gasteiger charge is -2.25. The maximum Gasteiger partial charge on any atom is 0.320 e. The third-order valence-corrected chi connectivity index (χ3v) is 4.24. The van der Waals surface area contributed by atoms with Crippen molar-refractivity contribution in [2.75, 3.05) is 13.1 Å². The average molecular weight is 349 g/mol. The van der Waals surface area contributed by atoms with Gasteiger partial charge in [0.1, 0.15) is 6.04 Å². The van der Waals surface area contributed by atoms with E-state index >= 15 is 0 Å². The van der Waals surface area contributed by atoms with Gasteiger partial charge in [-0.15, -0.1) is 11.3 Å². The van der Waals surface area contributed by atoms with Gasteiger partial charge in [-0.2, -0.15) is 0 Å². The van der Waals surface area contributed by atoms with Crippen molar-refractivity contribution < 1.29 is 14.7 Å². The summed E-state index contributed by atoms with van der Waals surface area (Å²) in [7, 11) is 0. The fraction of sp³-hybridized carbons (Fsp3) is 0.500. The normalized spacial score (nSPS) is 12.4. The van der Waals surface area contributed by atoms with Crippen LogP contribution in [0.4, 0.5) is 0 Å². The maximum absolute atomic E-state index is 11.1. The molecule has 106 valence electrons. The Labute approximate surface area is 124 Å². The number of carbonyl (C=O) groups excluding carboxylic acids is 1. The van der Waals surface area contributed by atoms with Gasteiger partial charge in [0.15, 0.2) is 0 Å². The van der Waals surface area contributed by atoms with Crippen molar-refractivity contribution in [3.8, 4) is 0 Å². The van der Waals surface area contributed by atoms with E-state index < -0.39 is 12.0 Å².